The Morgan fingerprint density at radius 2 is 2.07 bits per heavy atom. The van der Waals surface area contributed by atoms with Crippen LogP contribution in [0.3, 0.4) is 0 Å². The zero-order valence-electron chi connectivity index (χ0n) is 17.2. The molecule has 2 heterocycles. The molecule has 1 aliphatic heterocycles. The number of aromatic nitrogens is 1. The lowest BCUT2D eigenvalue weighted by molar-refractivity contribution is -0.153. The van der Waals surface area contributed by atoms with Crippen LogP contribution in [0.2, 0.25) is 0 Å². The summed E-state index contributed by atoms with van der Waals surface area (Å²) < 4.78 is 29.8. The Bertz CT molecular complexity index is 953. The Morgan fingerprint density at radius 3 is 2.77 bits per heavy atom. The van der Waals surface area contributed by atoms with Gasteiger partial charge in [-0.05, 0) is 37.8 Å². The lowest BCUT2D eigenvalue weighted by Crippen LogP contribution is -2.43. The van der Waals surface area contributed by atoms with Crippen molar-refractivity contribution in [1.82, 2.24) is 9.88 Å². The molecule has 1 unspecified atom stereocenters. The summed E-state index contributed by atoms with van der Waals surface area (Å²) in [6.45, 7) is 2.17. The molecule has 0 saturated carbocycles. The molecule has 1 aliphatic rings. The normalized spacial score (nSPS) is 17.8. The smallest absolute Gasteiger partial charge is 0.306 e. The largest absolute Gasteiger partial charge is 0.456 e. The number of benzene rings is 1. The number of rotatable bonds is 10. The van der Waals surface area contributed by atoms with Crippen LogP contribution < -0.4 is 0 Å². The third-order valence-electron chi connectivity index (χ3n) is 5.19. The minimum absolute atomic E-state index is 0.00142. The van der Waals surface area contributed by atoms with Gasteiger partial charge in [-0.25, -0.2) is 13.4 Å². The van der Waals surface area contributed by atoms with Crippen molar-refractivity contribution in [2.45, 2.75) is 51.5 Å². The number of amides is 1. The molecule has 30 heavy (non-hydrogen) atoms. The summed E-state index contributed by atoms with van der Waals surface area (Å²) in [4.78, 5) is 30.8. The van der Waals surface area contributed by atoms with Gasteiger partial charge in [0.1, 0.15) is 0 Å². The van der Waals surface area contributed by atoms with Gasteiger partial charge >= 0.3 is 5.97 Å². The van der Waals surface area contributed by atoms with Gasteiger partial charge in [-0.15, -0.1) is 11.3 Å². The van der Waals surface area contributed by atoms with E-state index in [1.807, 2.05) is 31.2 Å². The van der Waals surface area contributed by atoms with E-state index in [0.29, 0.717) is 25.8 Å². The predicted octanol–water partition coefficient (Wildman–Crippen LogP) is 2.98. The van der Waals surface area contributed by atoms with Gasteiger partial charge in [-0.3, -0.25) is 9.59 Å². The van der Waals surface area contributed by atoms with Gasteiger partial charge in [-0.2, -0.15) is 0 Å². The number of thiazole rings is 1. The first kappa shape index (κ1) is 22.7. The molecule has 2 aromatic rings. The van der Waals surface area contributed by atoms with Crippen LogP contribution >= 0.6 is 11.3 Å². The Hall–Kier alpha value is -2.00. The molecule has 0 spiro atoms. The van der Waals surface area contributed by atoms with Gasteiger partial charge in [0.15, 0.2) is 16.4 Å². The van der Waals surface area contributed by atoms with Crippen molar-refractivity contribution in [3.05, 3.63) is 29.3 Å². The third kappa shape index (κ3) is 6.25. The van der Waals surface area contributed by atoms with Crippen molar-refractivity contribution >= 4 is 43.3 Å². The Kier molecular flexibility index (Phi) is 7.82. The van der Waals surface area contributed by atoms with Gasteiger partial charge in [0, 0.05) is 19.0 Å². The average molecular weight is 453 g/mol. The number of ether oxygens (including phenoxy) is 1. The highest BCUT2D eigenvalue weighted by molar-refractivity contribution is 7.91. The van der Waals surface area contributed by atoms with E-state index < -0.39 is 15.8 Å². The van der Waals surface area contributed by atoms with Crippen LogP contribution in [0.1, 0.15) is 44.0 Å². The first-order valence-electron chi connectivity index (χ1n) is 10.4. The Labute approximate surface area is 181 Å². The van der Waals surface area contributed by atoms with Gasteiger partial charge in [0.25, 0.3) is 5.91 Å². The fourth-order valence-electron chi connectivity index (χ4n) is 3.57. The summed E-state index contributed by atoms with van der Waals surface area (Å²) in [5.74, 6) is -0.624. The molecule has 7 nitrogen and oxygen atoms in total. The number of unbranched alkanes of at least 4 members (excludes halogenated alkanes) is 1. The minimum Gasteiger partial charge on any atom is -0.456 e. The average Bonchev–Trinajstić information content (AvgIpc) is 3.29. The van der Waals surface area contributed by atoms with E-state index in [-0.39, 0.29) is 36.5 Å². The molecular formula is C21H28N2O5S2. The molecule has 1 atom stereocenters. The molecule has 0 N–H and O–H groups in total. The van der Waals surface area contributed by atoms with Gasteiger partial charge in [0.2, 0.25) is 0 Å². The second-order valence-corrected chi connectivity index (χ2v) is 10.9. The van der Waals surface area contributed by atoms with Crippen LogP contribution in [-0.4, -0.2) is 60.9 Å². The number of fused-ring (bicyclic) bond motifs is 1. The number of para-hydroxylation sites is 1. The monoisotopic (exact) mass is 452 g/mol. The summed E-state index contributed by atoms with van der Waals surface area (Å²) in [5, 5.41) is 0.980. The van der Waals surface area contributed by atoms with Gasteiger partial charge in [-0.1, -0.05) is 25.5 Å². The molecular weight excluding hydrogens is 424 g/mol. The lowest BCUT2D eigenvalue weighted by Gasteiger charge is -2.28. The number of aryl methyl sites for hydroxylation is 1. The van der Waals surface area contributed by atoms with E-state index in [1.54, 1.807) is 16.2 Å². The number of esters is 1. The summed E-state index contributed by atoms with van der Waals surface area (Å²) in [6, 6.07) is 7.60. The fraction of sp³-hybridized carbons (Fsp3) is 0.571. The van der Waals surface area contributed by atoms with Crippen molar-refractivity contribution in [2.24, 2.45) is 0 Å². The molecule has 1 aromatic carbocycles. The van der Waals surface area contributed by atoms with Crippen molar-refractivity contribution in [2.75, 3.05) is 24.7 Å². The van der Waals surface area contributed by atoms with E-state index in [9.17, 15) is 18.0 Å². The molecule has 1 saturated heterocycles. The number of carbonyl (C=O) groups excluding carboxylic acids is 2. The van der Waals surface area contributed by atoms with E-state index in [1.165, 1.54) is 0 Å². The van der Waals surface area contributed by atoms with E-state index in [2.05, 4.69) is 4.98 Å². The van der Waals surface area contributed by atoms with Crippen LogP contribution in [0.5, 0.6) is 0 Å². The van der Waals surface area contributed by atoms with E-state index in [0.717, 1.165) is 28.1 Å². The van der Waals surface area contributed by atoms with Crippen molar-refractivity contribution in [3.8, 4) is 0 Å². The SMILES string of the molecule is CCCCN(C(=O)COC(=O)CCCc1nc2ccccc2s1)C1CCS(=O)(=O)C1. The van der Waals surface area contributed by atoms with Crippen molar-refractivity contribution in [3.63, 3.8) is 0 Å². The summed E-state index contributed by atoms with van der Waals surface area (Å²) in [5.41, 5.74) is 0.965. The molecule has 0 radical (unpaired) electrons. The molecule has 1 fully saturated rings. The van der Waals surface area contributed by atoms with E-state index >= 15 is 0 Å². The maximum absolute atomic E-state index is 12.6. The quantitative estimate of drug-likeness (QED) is 0.515. The zero-order chi connectivity index (χ0) is 21.6. The van der Waals surface area contributed by atoms with Crippen LogP contribution in [0, 0.1) is 0 Å². The minimum atomic E-state index is -3.09. The van der Waals surface area contributed by atoms with Crippen molar-refractivity contribution < 1.29 is 22.7 Å². The topological polar surface area (TPSA) is 93.6 Å². The molecule has 3 rings (SSSR count). The second kappa shape index (κ2) is 10.3. The number of carbonyl (C=O) groups is 2. The summed E-state index contributed by atoms with van der Waals surface area (Å²) in [6.07, 6.45) is 3.65. The molecule has 164 valence electrons. The Balaban J connectivity index is 1.44. The number of nitrogens with zero attached hydrogens (tertiary/aromatic N) is 2. The van der Waals surface area contributed by atoms with Crippen LogP contribution in [0.25, 0.3) is 10.2 Å². The maximum atomic E-state index is 12.6. The number of sulfone groups is 1. The van der Waals surface area contributed by atoms with Crippen LogP contribution in [-0.2, 0) is 30.6 Å². The second-order valence-electron chi connectivity index (χ2n) is 7.59. The fourth-order valence-corrected chi connectivity index (χ4v) is 6.31. The first-order chi connectivity index (χ1) is 14.4. The number of hydrogen-bond acceptors (Lipinski definition) is 7. The highest BCUT2D eigenvalue weighted by Crippen LogP contribution is 2.23. The maximum Gasteiger partial charge on any atom is 0.306 e. The molecule has 1 aromatic heterocycles. The summed E-state index contributed by atoms with van der Waals surface area (Å²) in [7, 11) is -3.09. The Morgan fingerprint density at radius 1 is 1.27 bits per heavy atom. The molecule has 1 amide bonds. The summed E-state index contributed by atoms with van der Waals surface area (Å²) >= 11 is 1.62. The van der Waals surface area contributed by atoms with Gasteiger partial charge in [0.05, 0.1) is 26.7 Å². The van der Waals surface area contributed by atoms with Gasteiger partial charge < -0.3 is 9.64 Å². The van der Waals surface area contributed by atoms with E-state index in [4.69, 9.17) is 4.74 Å². The lowest BCUT2D eigenvalue weighted by atomic mass is 10.2. The highest BCUT2D eigenvalue weighted by Gasteiger charge is 2.34. The predicted molar refractivity (Wildman–Crippen MR) is 117 cm³/mol. The molecule has 0 aliphatic carbocycles. The van der Waals surface area contributed by atoms with Crippen LogP contribution in [0.15, 0.2) is 24.3 Å². The molecule has 0 bridgehead atoms. The highest BCUT2D eigenvalue weighted by atomic mass is 32.2. The third-order valence-corrected chi connectivity index (χ3v) is 8.03. The zero-order valence-corrected chi connectivity index (χ0v) is 18.8. The van der Waals surface area contributed by atoms with Crippen LogP contribution in [0.4, 0.5) is 0 Å². The molecule has 9 heteroatoms. The first-order valence-corrected chi connectivity index (χ1v) is 13.0. The van der Waals surface area contributed by atoms with Crippen molar-refractivity contribution in [1.29, 1.82) is 0 Å². The number of hydrogen-bond donors (Lipinski definition) is 0. The standard InChI is InChI=1S/C21H28N2O5S2/c1-2-3-12-23(16-11-13-30(26,27)15-16)20(24)14-28-21(25)10-6-9-19-22-17-7-4-5-8-18(17)29-19/h4-5,7-8,16H,2-3,6,9-15H2,1H3.